The Morgan fingerprint density at radius 3 is 2.59 bits per heavy atom. The largest absolute Gasteiger partial charge is 0.340 e. The molecule has 4 heteroatoms. The molecule has 29 heavy (non-hydrogen) atoms. The molecule has 4 heterocycles. The lowest BCUT2D eigenvalue weighted by molar-refractivity contribution is -0.0513. The number of rotatable bonds is 3. The third-order valence-corrected chi connectivity index (χ3v) is 7.80. The van der Waals surface area contributed by atoms with Gasteiger partial charge < -0.3 is 9.47 Å². The van der Waals surface area contributed by atoms with Gasteiger partial charge in [0.1, 0.15) is 5.69 Å². The minimum absolute atomic E-state index is 0.264. The number of hydrogen-bond donors (Lipinski definition) is 0. The predicted molar refractivity (Wildman–Crippen MR) is 114 cm³/mol. The molecule has 152 valence electrons. The Bertz CT molecular complexity index is 886. The van der Waals surface area contributed by atoms with Crippen LogP contribution in [0.25, 0.3) is 0 Å². The minimum Gasteiger partial charge on any atom is -0.340 e. The van der Waals surface area contributed by atoms with Crippen LogP contribution >= 0.6 is 0 Å². The van der Waals surface area contributed by atoms with E-state index in [-0.39, 0.29) is 5.91 Å². The second kappa shape index (κ2) is 7.02. The molecular weight excluding hydrogens is 358 g/mol. The Kier molecular flexibility index (Phi) is 4.30. The van der Waals surface area contributed by atoms with Crippen molar-refractivity contribution in [2.45, 2.75) is 56.7 Å². The summed E-state index contributed by atoms with van der Waals surface area (Å²) in [6, 6.07) is 16.9. The van der Waals surface area contributed by atoms with Gasteiger partial charge in [0, 0.05) is 44.0 Å². The fraction of sp³-hybridized carbons (Fsp3) is 0.560. The number of fused-ring (bicyclic) bond motifs is 4. The summed E-state index contributed by atoms with van der Waals surface area (Å²) in [5.74, 6) is 1.50. The number of benzene rings is 1. The van der Waals surface area contributed by atoms with Crippen LogP contribution < -0.4 is 0 Å². The quantitative estimate of drug-likeness (QED) is 0.773. The van der Waals surface area contributed by atoms with Crippen LogP contribution in [0.2, 0.25) is 0 Å². The van der Waals surface area contributed by atoms with E-state index in [1.54, 1.807) is 0 Å². The summed E-state index contributed by atoms with van der Waals surface area (Å²) in [6.45, 7) is 3.01. The Balaban J connectivity index is 1.22. The van der Waals surface area contributed by atoms with E-state index < -0.39 is 0 Å². The molecule has 1 aliphatic carbocycles. The minimum atomic E-state index is 0.264. The van der Waals surface area contributed by atoms with Gasteiger partial charge in [0.2, 0.25) is 0 Å². The van der Waals surface area contributed by atoms with Gasteiger partial charge in [0.15, 0.2) is 0 Å². The third-order valence-electron chi connectivity index (χ3n) is 7.80. The van der Waals surface area contributed by atoms with Crippen LogP contribution in [0.15, 0.2) is 48.7 Å². The number of piperidine rings is 3. The number of carbonyl (C=O) groups excluding carboxylic acids is 1. The number of carbonyl (C=O) groups is 1. The van der Waals surface area contributed by atoms with Crippen molar-refractivity contribution in [3.05, 3.63) is 59.9 Å². The lowest BCUT2D eigenvalue weighted by Crippen LogP contribution is -2.60. The van der Waals surface area contributed by atoms with Gasteiger partial charge in [-0.2, -0.15) is 0 Å². The number of likely N-dealkylation sites (tertiary alicyclic amines) is 1. The molecule has 0 radical (unpaired) electrons. The van der Waals surface area contributed by atoms with Crippen molar-refractivity contribution < 1.29 is 4.79 Å². The van der Waals surface area contributed by atoms with Crippen molar-refractivity contribution in [3.8, 4) is 0 Å². The van der Waals surface area contributed by atoms with Gasteiger partial charge in [0.05, 0.1) is 0 Å². The molecule has 4 aliphatic rings. The maximum atomic E-state index is 13.4. The van der Waals surface area contributed by atoms with Gasteiger partial charge in [-0.25, -0.2) is 0 Å². The molecule has 2 aromatic rings. The van der Waals surface area contributed by atoms with E-state index in [2.05, 4.69) is 50.9 Å². The Morgan fingerprint density at radius 2 is 1.76 bits per heavy atom. The van der Waals surface area contributed by atoms with E-state index in [4.69, 9.17) is 0 Å². The van der Waals surface area contributed by atoms with Crippen LogP contribution in [0.3, 0.4) is 0 Å². The van der Waals surface area contributed by atoms with Crippen LogP contribution in [-0.4, -0.2) is 46.0 Å². The van der Waals surface area contributed by atoms with Crippen molar-refractivity contribution in [2.75, 3.05) is 19.6 Å². The van der Waals surface area contributed by atoms with E-state index in [0.717, 1.165) is 25.3 Å². The average molecular weight is 390 g/mol. The smallest absolute Gasteiger partial charge is 0.270 e. The van der Waals surface area contributed by atoms with Crippen molar-refractivity contribution in [1.82, 2.24) is 14.4 Å². The fourth-order valence-corrected chi connectivity index (χ4v) is 6.42. The highest BCUT2D eigenvalue weighted by Crippen LogP contribution is 2.44. The van der Waals surface area contributed by atoms with Gasteiger partial charge in [-0.05, 0) is 68.1 Å². The Hall–Kier alpha value is -2.07. The van der Waals surface area contributed by atoms with E-state index in [9.17, 15) is 4.79 Å². The van der Waals surface area contributed by atoms with Crippen molar-refractivity contribution in [2.24, 2.45) is 11.8 Å². The van der Waals surface area contributed by atoms with Crippen molar-refractivity contribution in [3.63, 3.8) is 0 Å². The van der Waals surface area contributed by atoms with E-state index in [1.807, 2.05) is 12.1 Å². The molecule has 0 unspecified atom stereocenters. The lowest BCUT2D eigenvalue weighted by Gasteiger charge is -2.55. The van der Waals surface area contributed by atoms with Crippen LogP contribution in [0, 0.1) is 11.8 Å². The SMILES string of the molecule is O=C(c1cccn1C1CC1)N1C[C@@H]2C[C@H](C1)[C@@H]1CCC[C@H](c3ccccc3)N1C2. The second-order valence-electron chi connectivity index (χ2n) is 9.73. The maximum absolute atomic E-state index is 13.4. The van der Waals surface area contributed by atoms with Crippen LogP contribution in [0.1, 0.15) is 66.7 Å². The molecule has 3 aliphatic heterocycles. The molecule has 4 fully saturated rings. The zero-order valence-corrected chi connectivity index (χ0v) is 17.1. The van der Waals surface area contributed by atoms with Gasteiger partial charge >= 0.3 is 0 Å². The number of hydrogen-bond acceptors (Lipinski definition) is 2. The number of aromatic nitrogens is 1. The number of amides is 1. The summed E-state index contributed by atoms with van der Waals surface area (Å²) in [5.41, 5.74) is 2.39. The molecule has 2 bridgehead atoms. The average Bonchev–Trinajstić information content (AvgIpc) is 3.49. The topological polar surface area (TPSA) is 28.5 Å². The Morgan fingerprint density at radius 1 is 0.897 bits per heavy atom. The summed E-state index contributed by atoms with van der Waals surface area (Å²) in [4.78, 5) is 18.4. The lowest BCUT2D eigenvalue weighted by atomic mass is 9.74. The summed E-state index contributed by atoms with van der Waals surface area (Å²) in [6.07, 6.45) is 9.72. The van der Waals surface area contributed by atoms with E-state index in [1.165, 1.54) is 44.1 Å². The molecular formula is C25H31N3O. The van der Waals surface area contributed by atoms with Crippen LogP contribution in [-0.2, 0) is 0 Å². The monoisotopic (exact) mass is 389 g/mol. The van der Waals surface area contributed by atoms with Crippen molar-refractivity contribution in [1.29, 1.82) is 0 Å². The standard InChI is InChI=1S/C25H31N3O/c29-25(24-10-5-13-27(24)21-11-12-21)26-15-18-14-20(17-26)23-9-4-8-22(28(23)16-18)19-6-2-1-3-7-19/h1-3,5-7,10,13,18,20-23H,4,8-9,11-12,14-17H2/t18-,20+,22+,23-/m0/s1. The second-order valence-corrected chi connectivity index (χ2v) is 9.73. The highest BCUT2D eigenvalue weighted by atomic mass is 16.2. The first-order valence-electron chi connectivity index (χ1n) is 11.5. The first-order chi connectivity index (χ1) is 14.3. The van der Waals surface area contributed by atoms with Crippen LogP contribution in [0.5, 0.6) is 0 Å². The molecule has 0 N–H and O–H groups in total. The zero-order chi connectivity index (χ0) is 19.4. The van der Waals surface area contributed by atoms with Gasteiger partial charge in [0.25, 0.3) is 5.91 Å². The van der Waals surface area contributed by atoms with E-state index in [0.29, 0.717) is 30.0 Å². The summed E-state index contributed by atoms with van der Waals surface area (Å²) in [7, 11) is 0. The molecule has 1 saturated carbocycles. The summed E-state index contributed by atoms with van der Waals surface area (Å²) >= 11 is 0. The third kappa shape index (κ3) is 3.13. The molecule has 1 amide bonds. The molecule has 6 rings (SSSR count). The molecule has 3 saturated heterocycles. The van der Waals surface area contributed by atoms with Gasteiger partial charge in [-0.3, -0.25) is 9.69 Å². The number of nitrogens with zero attached hydrogens (tertiary/aromatic N) is 3. The first-order valence-corrected chi connectivity index (χ1v) is 11.5. The highest BCUT2D eigenvalue weighted by molar-refractivity contribution is 5.93. The normalized spacial score (nSPS) is 32.1. The highest BCUT2D eigenvalue weighted by Gasteiger charge is 2.46. The molecule has 4 atom stereocenters. The van der Waals surface area contributed by atoms with Gasteiger partial charge in [-0.15, -0.1) is 0 Å². The van der Waals surface area contributed by atoms with Gasteiger partial charge in [-0.1, -0.05) is 30.3 Å². The molecule has 0 spiro atoms. The predicted octanol–water partition coefficient (Wildman–Crippen LogP) is 4.51. The molecule has 4 nitrogen and oxygen atoms in total. The summed E-state index contributed by atoms with van der Waals surface area (Å²) in [5, 5.41) is 0. The molecule has 1 aromatic carbocycles. The van der Waals surface area contributed by atoms with Crippen molar-refractivity contribution >= 4 is 5.91 Å². The van der Waals surface area contributed by atoms with E-state index >= 15 is 0 Å². The maximum Gasteiger partial charge on any atom is 0.270 e. The van der Waals surface area contributed by atoms with Crippen LogP contribution in [0.4, 0.5) is 0 Å². The fourth-order valence-electron chi connectivity index (χ4n) is 6.42. The summed E-state index contributed by atoms with van der Waals surface area (Å²) < 4.78 is 2.23. The molecule has 1 aromatic heterocycles. The zero-order valence-electron chi connectivity index (χ0n) is 17.1. The first kappa shape index (κ1) is 17.8. The Labute approximate surface area is 173 Å².